The van der Waals surface area contributed by atoms with Gasteiger partial charge in [-0.05, 0) is 55.1 Å². The maximum absolute atomic E-state index is 12.4. The standard InChI is InChI=1S/C23H30N2O3/c1-25(23(26)11-9-18-12-13-24-15-18)16-20-8-10-21(22(14-20)27-2)28-17-19-6-4-3-5-7-19/h3-8,10,14,18,24H,9,11-13,15-17H2,1-2H3. The Kier molecular flexibility index (Phi) is 7.31. The Morgan fingerprint density at radius 2 is 1.96 bits per heavy atom. The molecule has 0 aliphatic carbocycles. The molecular weight excluding hydrogens is 352 g/mol. The van der Waals surface area contributed by atoms with Gasteiger partial charge in [-0.1, -0.05) is 36.4 Å². The van der Waals surface area contributed by atoms with Crippen LogP contribution in [0.15, 0.2) is 48.5 Å². The van der Waals surface area contributed by atoms with Crippen molar-refractivity contribution in [2.75, 3.05) is 27.2 Å². The number of nitrogens with zero attached hydrogens (tertiary/aromatic N) is 1. The smallest absolute Gasteiger partial charge is 0.222 e. The highest BCUT2D eigenvalue weighted by Crippen LogP contribution is 2.29. The first-order valence-electron chi connectivity index (χ1n) is 9.94. The number of benzene rings is 2. The maximum atomic E-state index is 12.4. The first-order chi connectivity index (χ1) is 13.7. The minimum absolute atomic E-state index is 0.190. The van der Waals surface area contributed by atoms with Crippen LogP contribution < -0.4 is 14.8 Å². The molecule has 28 heavy (non-hydrogen) atoms. The molecule has 1 aliphatic rings. The lowest BCUT2D eigenvalue weighted by atomic mass is 10.0. The molecule has 0 radical (unpaired) electrons. The van der Waals surface area contributed by atoms with E-state index in [2.05, 4.69) is 5.32 Å². The number of ether oxygens (including phenoxy) is 2. The lowest BCUT2D eigenvalue weighted by molar-refractivity contribution is -0.130. The normalized spacial score (nSPS) is 16.0. The van der Waals surface area contributed by atoms with Crippen LogP contribution in [0.4, 0.5) is 0 Å². The van der Waals surface area contributed by atoms with Gasteiger partial charge in [0.05, 0.1) is 7.11 Å². The molecule has 1 N–H and O–H groups in total. The van der Waals surface area contributed by atoms with Crippen molar-refractivity contribution in [3.05, 3.63) is 59.7 Å². The maximum Gasteiger partial charge on any atom is 0.222 e. The monoisotopic (exact) mass is 382 g/mol. The Bertz CT molecular complexity index is 758. The Labute approximate surface area is 167 Å². The van der Waals surface area contributed by atoms with Gasteiger partial charge >= 0.3 is 0 Å². The van der Waals surface area contributed by atoms with E-state index in [4.69, 9.17) is 9.47 Å². The first kappa shape index (κ1) is 20.2. The van der Waals surface area contributed by atoms with Crippen molar-refractivity contribution >= 4 is 5.91 Å². The summed E-state index contributed by atoms with van der Waals surface area (Å²) in [6.07, 6.45) is 2.75. The van der Waals surface area contributed by atoms with E-state index >= 15 is 0 Å². The van der Waals surface area contributed by atoms with E-state index in [1.807, 2.05) is 55.6 Å². The lowest BCUT2D eigenvalue weighted by Gasteiger charge is -2.19. The van der Waals surface area contributed by atoms with Crippen LogP contribution in [0.25, 0.3) is 0 Å². The molecule has 0 spiro atoms. The molecule has 1 aliphatic heterocycles. The average Bonchev–Trinajstić information content (AvgIpc) is 3.25. The summed E-state index contributed by atoms with van der Waals surface area (Å²) in [6, 6.07) is 15.9. The predicted octanol–water partition coefficient (Wildman–Crippen LogP) is 3.62. The molecule has 1 amide bonds. The van der Waals surface area contributed by atoms with Crippen molar-refractivity contribution in [1.82, 2.24) is 10.2 Å². The van der Waals surface area contributed by atoms with Crippen LogP contribution in [0, 0.1) is 5.92 Å². The average molecular weight is 383 g/mol. The van der Waals surface area contributed by atoms with Crippen molar-refractivity contribution in [2.24, 2.45) is 5.92 Å². The molecule has 2 aromatic carbocycles. The number of hydrogen-bond acceptors (Lipinski definition) is 4. The Morgan fingerprint density at radius 3 is 2.68 bits per heavy atom. The van der Waals surface area contributed by atoms with E-state index in [1.54, 1.807) is 12.0 Å². The molecule has 1 heterocycles. The summed E-state index contributed by atoms with van der Waals surface area (Å²) in [7, 11) is 3.50. The van der Waals surface area contributed by atoms with Gasteiger partial charge in [0.25, 0.3) is 0 Å². The third-order valence-electron chi connectivity index (χ3n) is 5.24. The van der Waals surface area contributed by atoms with Crippen molar-refractivity contribution < 1.29 is 14.3 Å². The zero-order valence-electron chi connectivity index (χ0n) is 16.8. The Hall–Kier alpha value is -2.53. The van der Waals surface area contributed by atoms with Crippen molar-refractivity contribution in [1.29, 1.82) is 0 Å². The van der Waals surface area contributed by atoms with Gasteiger partial charge in [0.1, 0.15) is 6.61 Å². The number of carbonyl (C=O) groups is 1. The molecule has 1 saturated heterocycles. The summed E-state index contributed by atoms with van der Waals surface area (Å²) in [4.78, 5) is 14.2. The molecular formula is C23H30N2O3. The van der Waals surface area contributed by atoms with Gasteiger partial charge in [0.2, 0.25) is 5.91 Å². The molecule has 1 atom stereocenters. The van der Waals surface area contributed by atoms with Crippen LogP contribution in [0.1, 0.15) is 30.4 Å². The highest BCUT2D eigenvalue weighted by atomic mass is 16.5. The Morgan fingerprint density at radius 1 is 1.14 bits per heavy atom. The van der Waals surface area contributed by atoms with Crippen LogP contribution in [0.3, 0.4) is 0 Å². The van der Waals surface area contributed by atoms with Gasteiger partial charge < -0.3 is 19.7 Å². The number of rotatable bonds is 9. The highest BCUT2D eigenvalue weighted by Gasteiger charge is 2.17. The highest BCUT2D eigenvalue weighted by molar-refractivity contribution is 5.75. The molecule has 2 aromatic rings. The van der Waals surface area contributed by atoms with E-state index in [9.17, 15) is 4.79 Å². The fourth-order valence-corrected chi connectivity index (χ4v) is 3.51. The number of carbonyl (C=O) groups excluding carboxylic acids is 1. The van der Waals surface area contributed by atoms with E-state index in [0.29, 0.717) is 37.0 Å². The Balaban J connectivity index is 1.54. The van der Waals surface area contributed by atoms with E-state index in [1.165, 1.54) is 6.42 Å². The molecule has 0 aromatic heterocycles. The topological polar surface area (TPSA) is 50.8 Å². The molecule has 5 nitrogen and oxygen atoms in total. The molecule has 3 rings (SSSR count). The first-order valence-corrected chi connectivity index (χ1v) is 9.94. The van der Waals surface area contributed by atoms with Crippen LogP contribution in [0.2, 0.25) is 0 Å². The molecule has 0 bridgehead atoms. The second-order valence-corrected chi connectivity index (χ2v) is 7.41. The predicted molar refractivity (Wildman–Crippen MR) is 110 cm³/mol. The van der Waals surface area contributed by atoms with Crippen molar-refractivity contribution in [2.45, 2.75) is 32.4 Å². The summed E-state index contributed by atoms with van der Waals surface area (Å²) in [5.74, 6) is 2.22. The van der Waals surface area contributed by atoms with Crippen molar-refractivity contribution in [3.8, 4) is 11.5 Å². The molecule has 5 heteroatoms. The second kappa shape index (κ2) is 10.1. The SMILES string of the molecule is COc1cc(CN(C)C(=O)CCC2CCNC2)ccc1OCc1ccccc1. The van der Waals surface area contributed by atoms with Gasteiger partial charge in [-0.25, -0.2) is 0 Å². The summed E-state index contributed by atoms with van der Waals surface area (Å²) in [5.41, 5.74) is 2.14. The fraction of sp³-hybridized carbons (Fsp3) is 0.435. The third-order valence-corrected chi connectivity index (χ3v) is 5.24. The zero-order valence-corrected chi connectivity index (χ0v) is 16.8. The van der Waals surface area contributed by atoms with Gasteiger partial charge in [-0.15, -0.1) is 0 Å². The number of nitrogens with one attached hydrogen (secondary N) is 1. The van der Waals surface area contributed by atoms with Gasteiger partial charge in [-0.2, -0.15) is 0 Å². The minimum atomic E-state index is 0.190. The lowest BCUT2D eigenvalue weighted by Crippen LogP contribution is -2.26. The summed E-state index contributed by atoms with van der Waals surface area (Å²) in [5, 5.41) is 3.35. The van der Waals surface area contributed by atoms with Gasteiger partial charge in [0, 0.05) is 20.0 Å². The molecule has 1 unspecified atom stereocenters. The molecule has 0 saturated carbocycles. The van der Waals surface area contributed by atoms with Crippen molar-refractivity contribution in [3.63, 3.8) is 0 Å². The minimum Gasteiger partial charge on any atom is -0.493 e. The molecule has 1 fully saturated rings. The van der Waals surface area contributed by atoms with Crippen LogP contribution in [-0.4, -0.2) is 38.1 Å². The van der Waals surface area contributed by atoms with Crippen LogP contribution >= 0.6 is 0 Å². The van der Waals surface area contributed by atoms with E-state index in [-0.39, 0.29) is 5.91 Å². The number of amides is 1. The molecule has 150 valence electrons. The van der Waals surface area contributed by atoms with E-state index in [0.717, 1.165) is 30.6 Å². The quantitative estimate of drug-likeness (QED) is 0.720. The van der Waals surface area contributed by atoms with Gasteiger partial charge in [0.15, 0.2) is 11.5 Å². The zero-order chi connectivity index (χ0) is 19.8. The second-order valence-electron chi connectivity index (χ2n) is 7.41. The van der Waals surface area contributed by atoms with E-state index < -0.39 is 0 Å². The van der Waals surface area contributed by atoms with Crippen LogP contribution in [-0.2, 0) is 17.9 Å². The summed E-state index contributed by atoms with van der Waals surface area (Å²) in [6.45, 7) is 3.17. The largest absolute Gasteiger partial charge is 0.493 e. The van der Waals surface area contributed by atoms with Gasteiger partial charge in [-0.3, -0.25) is 4.79 Å². The summed E-state index contributed by atoms with van der Waals surface area (Å²) >= 11 is 0. The number of hydrogen-bond donors (Lipinski definition) is 1. The fourth-order valence-electron chi connectivity index (χ4n) is 3.51. The third kappa shape index (κ3) is 5.73. The summed E-state index contributed by atoms with van der Waals surface area (Å²) < 4.78 is 11.4. The number of methoxy groups -OCH3 is 1. The van der Waals surface area contributed by atoms with Crippen LogP contribution in [0.5, 0.6) is 11.5 Å².